The number of unbranched alkanes of at least 4 members (excludes halogenated alkanes) is 1. The van der Waals surface area contributed by atoms with Crippen molar-refractivity contribution in [3.63, 3.8) is 0 Å². The SMILES string of the molecule is CCCCOCC(O)CN1CCCC1C(C)C. The summed E-state index contributed by atoms with van der Waals surface area (Å²) in [6, 6.07) is 0.653. The molecule has 1 N–H and O–H groups in total. The maximum atomic E-state index is 9.94. The Morgan fingerprint density at radius 1 is 1.41 bits per heavy atom. The molecule has 1 saturated heterocycles. The zero-order chi connectivity index (χ0) is 12.7. The highest BCUT2D eigenvalue weighted by molar-refractivity contribution is 4.82. The van der Waals surface area contributed by atoms with Crippen molar-refractivity contribution in [2.24, 2.45) is 5.92 Å². The number of ether oxygens (including phenoxy) is 1. The van der Waals surface area contributed by atoms with Crippen molar-refractivity contribution >= 4 is 0 Å². The van der Waals surface area contributed by atoms with Gasteiger partial charge in [-0.2, -0.15) is 0 Å². The highest BCUT2D eigenvalue weighted by Crippen LogP contribution is 2.23. The standard InChI is InChI=1S/C14H29NO2/c1-4-5-9-17-11-13(16)10-15-8-6-7-14(15)12(2)3/h12-14,16H,4-11H2,1-3H3. The van der Waals surface area contributed by atoms with Gasteiger partial charge in [-0.25, -0.2) is 0 Å². The van der Waals surface area contributed by atoms with Crippen LogP contribution in [0.25, 0.3) is 0 Å². The predicted molar refractivity (Wildman–Crippen MR) is 71.2 cm³/mol. The van der Waals surface area contributed by atoms with Gasteiger partial charge in [-0.3, -0.25) is 4.90 Å². The molecule has 0 aliphatic carbocycles. The lowest BCUT2D eigenvalue weighted by Crippen LogP contribution is -2.40. The van der Waals surface area contributed by atoms with Gasteiger partial charge in [0, 0.05) is 19.2 Å². The first-order chi connectivity index (χ1) is 8.15. The molecule has 2 unspecified atom stereocenters. The lowest BCUT2D eigenvalue weighted by atomic mass is 10.0. The van der Waals surface area contributed by atoms with Crippen LogP contribution >= 0.6 is 0 Å². The first kappa shape index (κ1) is 14.9. The lowest BCUT2D eigenvalue weighted by molar-refractivity contribution is 0.0105. The molecule has 3 nitrogen and oxygen atoms in total. The number of nitrogens with zero attached hydrogens (tertiary/aromatic N) is 1. The summed E-state index contributed by atoms with van der Waals surface area (Å²) in [6.07, 6.45) is 4.46. The Bertz CT molecular complexity index is 197. The van der Waals surface area contributed by atoms with Crippen LogP contribution in [0.5, 0.6) is 0 Å². The van der Waals surface area contributed by atoms with Gasteiger partial charge < -0.3 is 9.84 Å². The van der Waals surface area contributed by atoms with Crippen molar-refractivity contribution in [1.82, 2.24) is 4.90 Å². The smallest absolute Gasteiger partial charge is 0.0900 e. The summed E-state index contributed by atoms with van der Waals surface area (Å²) in [4.78, 5) is 2.43. The van der Waals surface area contributed by atoms with Crippen LogP contribution in [0, 0.1) is 5.92 Å². The van der Waals surface area contributed by atoms with Crippen molar-refractivity contribution in [2.45, 2.75) is 58.6 Å². The Balaban J connectivity index is 2.18. The maximum absolute atomic E-state index is 9.94. The minimum Gasteiger partial charge on any atom is -0.389 e. The van der Waals surface area contributed by atoms with Gasteiger partial charge in [0.15, 0.2) is 0 Å². The molecule has 1 rings (SSSR count). The van der Waals surface area contributed by atoms with Crippen LogP contribution in [0.3, 0.4) is 0 Å². The largest absolute Gasteiger partial charge is 0.389 e. The third kappa shape index (κ3) is 5.36. The van der Waals surface area contributed by atoms with Gasteiger partial charge in [-0.05, 0) is 31.7 Å². The van der Waals surface area contributed by atoms with E-state index in [1.54, 1.807) is 0 Å². The lowest BCUT2D eigenvalue weighted by Gasteiger charge is -2.29. The summed E-state index contributed by atoms with van der Waals surface area (Å²) in [5.41, 5.74) is 0. The fourth-order valence-electron chi connectivity index (χ4n) is 2.62. The van der Waals surface area contributed by atoms with Crippen LogP contribution in [0.1, 0.15) is 46.5 Å². The van der Waals surface area contributed by atoms with E-state index in [1.807, 2.05) is 0 Å². The van der Waals surface area contributed by atoms with Crippen molar-refractivity contribution < 1.29 is 9.84 Å². The normalized spacial score (nSPS) is 23.5. The summed E-state index contributed by atoms with van der Waals surface area (Å²) < 4.78 is 5.47. The maximum Gasteiger partial charge on any atom is 0.0900 e. The zero-order valence-electron chi connectivity index (χ0n) is 11.7. The molecule has 0 bridgehead atoms. The van der Waals surface area contributed by atoms with E-state index in [2.05, 4.69) is 25.7 Å². The van der Waals surface area contributed by atoms with Crippen molar-refractivity contribution in [2.75, 3.05) is 26.3 Å². The van der Waals surface area contributed by atoms with E-state index >= 15 is 0 Å². The van der Waals surface area contributed by atoms with Gasteiger partial charge in [-0.1, -0.05) is 27.2 Å². The number of hydrogen-bond acceptors (Lipinski definition) is 3. The van der Waals surface area contributed by atoms with Crippen LogP contribution < -0.4 is 0 Å². The molecule has 2 atom stereocenters. The average molecular weight is 243 g/mol. The Labute approximate surface area is 106 Å². The number of likely N-dealkylation sites (tertiary alicyclic amines) is 1. The zero-order valence-corrected chi connectivity index (χ0v) is 11.7. The van der Waals surface area contributed by atoms with E-state index in [1.165, 1.54) is 12.8 Å². The number of β-amino-alcohol motifs (C(OH)–C–C–N with tert-alkyl or cyclic N) is 1. The van der Waals surface area contributed by atoms with Crippen LogP contribution in [0.2, 0.25) is 0 Å². The highest BCUT2D eigenvalue weighted by atomic mass is 16.5. The monoisotopic (exact) mass is 243 g/mol. The van der Waals surface area contributed by atoms with Crippen molar-refractivity contribution in [1.29, 1.82) is 0 Å². The highest BCUT2D eigenvalue weighted by Gasteiger charge is 2.28. The third-order valence-corrected chi connectivity index (χ3v) is 3.58. The topological polar surface area (TPSA) is 32.7 Å². The molecule has 1 aliphatic rings. The van der Waals surface area contributed by atoms with Gasteiger partial charge in [0.2, 0.25) is 0 Å². The van der Waals surface area contributed by atoms with Gasteiger partial charge in [0.05, 0.1) is 12.7 Å². The van der Waals surface area contributed by atoms with Gasteiger partial charge in [0.25, 0.3) is 0 Å². The second kappa shape index (κ2) is 8.06. The molecule has 0 aromatic rings. The summed E-state index contributed by atoms with van der Waals surface area (Å²) >= 11 is 0. The van der Waals surface area contributed by atoms with E-state index < -0.39 is 0 Å². The quantitative estimate of drug-likeness (QED) is 0.664. The van der Waals surface area contributed by atoms with Crippen molar-refractivity contribution in [3.05, 3.63) is 0 Å². The molecule has 0 spiro atoms. The molecular formula is C14H29NO2. The first-order valence-electron chi connectivity index (χ1n) is 7.15. The van der Waals surface area contributed by atoms with Gasteiger partial charge >= 0.3 is 0 Å². The Kier molecular flexibility index (Phi) is 7.09. The summed E-state index contributed by atoms with van der Waals surface area (Å²) in [5.74, 6) is 0.686. The predicted octanol–water partition coefficient (Wildman–Crippen LogP) is 2.28. The molecular weight excluding hydrogens is 214 g/mol. The van der Waals surface area contributed by atoms with Crippen LogP contribution in [0.4, 0.5) is 0 Å². The molecule has 3 heteroatoms. The molecule has 0 radical (unpaired) electrons. The molecule has 0 aromatic heterocycles. The summed E-state index contributed by atoms with van der Waals surface area (Å²) in [5, 5.41) is 9.94. The van der Waals surface area contributed by atoms with Crippen LogP contribution in [0.15, 0.2) is 0 Å². The molecule has 0 aromatic carbocycles. The number of aliphatic hydroxyl groups excluding tert-OH is 1. The fourth-order valence-corrected chi connectivity index (χ4v) is 2.62. The molecule has 1 heterocycles. The van der Waals surface area contributed by atoms with E-state index in [4.69, 9.17) is 4.74 Å². The molecule has 0 amide bonds. The number of rotatable bonds is 8. The number of aliphatic hydroxyl groups is 1. The molecule has 102 valence electrons. The molecule has 17 heavy (non-hydrogen) atoms. The second-order valence-corrected chi connectivity index (χ2v) is 5.53. The molecule has 0 saturated carbocycles. The van der Waals surface area contributed by atoms with Crippen molar-refractivity contribution in [3.8, 4) is 0 Å². The number of hydrogen-bond donors (Lipinski definition) is 1. The minimum absolute atomic E-state index is 0.328. The van der Waals surface area contributed by atoms with Gasteiger partial charge in [0.1, 0.15) is 0 Å². The Morgan fingerprint density at radius 3 is 2.82 bits per heavy atom. The van der Waals surface area contributed by atoms with E-state index in [-0.39, 0.29) is 6.10 Å². The Morgan fingerprint density at radius 2 is 2.18 bits per heavy atom. The van der Waals surface area contributed by atoms with E-state index in [0.717, 1.165) is 32.5 Å². The fraction of sp³-hybridized carbons (Fsp3) is 1.00. The molecule has 1 fully saturated rings. The minimum atomic E-state index is -0.328. The summed E-state index contributed by atoms with van der Waals surface area (Å²) in [6.45, 7) is 9.86. The first-order valence-corrected chi connectivity index (χ1v) is 7.15. The van der Waals surface area contributed by atoms with E-state index in [9.17, 15) is 5.11 Å². The van der Waals surface area contributed by atoms with Crippen LogP contribution in [-0.4, -0.2) is 48.5 Å². The van der Waals surface area contributed by atoms with Gasteiger partial charge in [-0.15, -0.1) is 0 Å². The third-order valence-electron chi connectivity index (χ3n) is 3.58. The van der Waals surface area contributed by atoms with Crippen LogP contribution in [-0.2, 0) is 4.74 Å². The average Bonchev–Trinajstić information content (AvgIpc) is 2.72. The summed E-state index contributed by atoms with van der Waals surface area (Å²) in [7, 11) is 0. The van der Waals surface area contributed by atoms with E-state index in [0.29, 0.717) is 18.6 Å². The second-order valence-electron chi connectivity index (χ2n) is 5.53. The molecule has 1 aliphatic heterocycles. The Hall–Kier alpha value is -0.120.